The first kappa shape index (κ1) is 8.10. The van der Waals surface area contributed by atoms with Crippen LogP contribution < -0.4 is 0 Å². The van der Waals surface area contributed by atoms with Gasteiger partial charge in [-0.1, -0.05) is 0 Å². The van der Waals surface area contributed by atoms with E-state index in [1.165, 1.54) is 11.2 Å². The van der Waals surface area contributed by atoms with Gasteiger partial charge in [-0.15, -0.1) is 0 Å². The van der Waals surface area contributed by atoms with Gasteiger partial charge in [0.2, 0.25) is 18.6 Å². The highest BCUT2D eigenvalue weighted by atomic mass is 16.7. The van der Waals surface area contributed by atoms with Gasteiger partial charge >= 0.3 is 0 Å². The van der Waals surface area contributed by atoms with Gasteiger partial charge in [0.15, 0.2) is 5.76 Å². The molecule has 0 radical (unpaired) electrons. The fourth-order valence-electron chi connectivity index (χ4n) is 1.31. The SMILES string of the molecule is O=C1CCC(=O)N1CC1=COCO1. The van der Waals surface area contributed by atoms with E-state index in [0.29, 0.717) is 18.6 Å². The largest absolute Gasteiger partial charge is 0.462 e. The van der Waals surface area contributed by atoms with E-state index in [9.17, 15) is 9.59 Å². The highest BCUT2D eigenvalue weighted by Gasteiger charge is 2.30. The summed E-state index contributed by atoms with van der Waals surface area (Å²) >= 11 is 0. The van der Waals surface area contributed by atoms with Gasteiger partial charge in [-0.25, -0.2) is 0 Å². The second-order valence-corrected chi connectivity index (χ2v) is 2.89. The maximum absolute atomic E-state index is 11.2. The zero-order valence-corrected chi connectivity index (χ0v) is 6.99. The summed E-state index contributed by atoms with van der Waals surface area (Å²) in [6.45, 7) is 0.378. The van der Waals surface area contributed by atoms with Crippen LogP contribution in [0.1, 0.15) is 12.8 Å². The summed E-state index contributed by atoms with van der Waals surface area (Å²) < 4.78 is 9.81. The van der Waals surface area contributed by atoms with Gasteiger partial charge in [-0.2, -0.15) is 0 Å². The molecular formula is C8H9NO4. The first-order chi connectivity index (χ1) is 6.27. The Morgan fingerprint density at radius 1 is 1.31 bits per heavy atom. The number of ether oxygens (including phenoxy) is 2. The van der Waals surface area contributed by atoms with Crippen LogP contribution in [0.25, 0.3) is 0 Å². The van der Waals surface area contributed by atoms with Crippen molar-refractivity contribution in [1.29, 1.82) is 0 Å². The summed E-state index contributed by atoms with van der Waals surface area (Å²) in [4.78, 5) is 23.5. The van der Waals surface area contributed by atoms with E-state index in [0.717, 1.165) is 0 Å². The Balaban J connectivity index is 2.00. The summed E-state index contributed by atoms with van der Waals surface area (Å²) in [5, 5.41) is 0. The van der Waals surface area contributed by atoms with Gasteiger partial charge in [0.25, 0.3) is 0 Å². The molecule has 2 aliphatic heterocycles. The van der Waals surface area contributed by atoms with Crippen LogP contribution in [0, 0.1) is 0 Å². The van der Waals surface area contributed by atoms with E-state index >= 15 is 0 Å². The van der Waals surface area contributed by atoms with E-state index in [2.05, 4.69) is 0 Å². The lowest BCUT2D eigenvalue weighted by Gasteiger charge is -2.12. The standard InChI is InChI=1S/C8H9NO4/c10-7-1-2-8(11)9(7)3-6-4-12-5-13-6/h4H,1-3,5H2. The molecule has 2 aliphatic rings. The van der Waals surface area contributed by atoms with Crippen LogP contribution in [0.5, 0.6) is 0 Å². The van der Waals surface area contributed by atoms with E-state index in [1.54, 1.807) is 0 Å². The number of carbonyl (C=O) groups excluding carboxylic acids is 2. The van der Waals surface area contributed by atoms with Gasteiger partial charge in [-0.3, -0.25) is 14.5 Å². The van der Waals surface area contributed by atoms with E-state index < -0.39 is 0 Å². The second-order valence-electron chi connectivity index (χ2n) is 2.89. The van der Waals surface area contributed by atoms with Gasteiger partial charge in [0.1, 0.15) is 6.26 Å². The van der Waals surface area contributed by atoms with Crippen LogP contribution in [0.2, 0.25) is 0 Å². The van der Waals surface area contributed by atoms with Gasteiger partial charge < -0.3 is 9.47 Å². The van der Waals surface area contributed by atoms with Crippen molar-refractivity contribution in [2.75, 3.05) is 13.3 Å². The molecule has 5 nitrogen and oxygen atoms in total. The van der Waals surface area contributed by atoms with Crippen molar-refractivity contribution in [3.63, 3.8) is 0 Å². The molecule has 2 rings (SSSR count). The van der Waals surface area contributed by atoms with Gasteiger partial charge in [-0.05, 0) is 0 Å². The molecule has 1 fully saturated rings. The summed E-state index contributed by atoms with van der Waals surface area (Å²) in [5.74, 6) is 0.256. The van der Waals surface area contributed by atoms with Crippen LogP contribution in [0.15, 0.2) is 12.0 Å². The minimum absolute atomic E-state index is 0.138. The predicted molar refractivity (Wildman–Crippen MR) is 41.1 cm³/mol. The van der Waals surface area contributed by atoms with Gasteiger partial charge in [0, 0.05) is 12.8 Å². The molecule has 2 heterocycles. The number of nitrogens with zero attached hydrogens (tertiary/aromatic N) is 1. The number of amides is 2. The smallest absolute Gasteiger partial charge is 0.230 e. The van der Waals surface area contributed by atoms with Crippen molar-refractivity contribution in [1.82, 2.24) is 4.90 Å². The summed E-state index contributed by atoms with van der Waals surface area (Å²) in [6, 6.07) is 0. The van der Waals surface area contributed by atoms with Crippen LogP contribution in [-0.4, -0.2) is 30.1 Å². The molecule has 0 bridgehead atoms. The van der Waals surface area contributed by atoms with Crippen molar-refractivity contribution in [3.05, 3.63) is 12.0 Å². The van der Waals surface area contributed by atoms with Crippen LogP contribution in [0.3, 0.4) is 0 Å². The molecular weight excluding hydrogens is 174 g/mol. The number of imide groups is 1. The number of hydrogen-bond acceptors (Lipinski definition) is 4. The molecule has 0 atom stereocenters. The van der Waals surface area contributed by atoms with Gasteiger partial charge in [0.05, 0.1) is 6.54 Å². The Morgan fingerprint density at radius 3 is 2.54 bits per heavy atom. The first-order valence-electron chi connectivity index (χ1n) is 4.04. The molecule has 1 saturated heterocycles. The number of likely N-dealkylation sites (tertiary alicyclic amines) is 1. The monoisotopic (exact) mass is 183 g/mol. The third-order valence-electron chi connectivity index (χ3n) is 2.00. The maximum atomic E-state index is 11.2. The Morgan fingerprint density at radius 2 is 2.00 bits per heavy atom. The molecule has 0 aromatic heterocycles. The fourth-order valence-corrected chi connectivity index (χ4v) is 1.31. The fraction of sp³-hybridized carbons (Fsp3) is 0.500. The number of hydrogen-bond donors (Lipinski definition) is 0. The molecule has 2 amide bonds. The Hall–Kier alpha value is -1.52. The molecule has 0 spiro atoms. The lowest BCUT2D eigenvalue weighted by Crippen LogP contribution is -2.31. The third kappa shape index (κ3) is 1.49. The Bertz CT molecular complexity index is 268. The molecule has 0 aromatic carbocycles. The maximum Gasteiger partial charge on any atom is 0.230 e. The number of carbonyl (C=O) groups is 2. The zero-order valence-electron chi connectivity index (χ0n) is 6.99. The van der Waals surface area contributed by atoms with Crippen LogP contribution in [0.4, 0.5) is 0 Å². The minimum Gasteiger partial charge on any atom is -0.462 e. The Kier molecular flexibility index (Phi) is 1.92. The summed E-state index contributed by atoms with van der Waals surface area (Å²) in [5.41, 5.74) is 0. The lowest BCUT2D eigenvalue weighted by molar-refractivity contribution is -0.138. The van der Waals surface area contributed by atoms with Crippen molar-refractivity contribution in [2.24, 2.45) is 0 Å². The van der Waals surface area contributed by atoms with Crippen LogP contribution >= 0.6 is 0 Å². The minimum atomic E-state index is -0.138. The third-order valence-corrected chi connectivity index (χ3v) is 2.00. The van der Waals surface area contributed by atoms with Crippen molar-refractivity contribution >= 4 is 11.8 Å². The molecule has 13 heavy (non-hydrogen) atoms. The number of rotatable bonds is 2. The normalized spacial score (nSPS) is 21.5. The van der Waals surface area contributed by atoms with Crippen molar-refractivity contribution in [3.8, 4) is 0 Å². The zero-order chi connectivity index (χ0) is 9.26. The van der Waals surface area contributed by atoms with Crippen molar-refractivity contribution < 1.29 is 19.1 Å². The molecule has 0 N–H and O–H groups in total. The lowest BCUT2D eigenvalue weighted by atomic mass is 10.4. The van der Waals surface area contributed by atoms with E-state index in [1.807, 2.05) is 0 Å². The highest BCUT2D eigenvalue weighted by molar-refractivity contribution is 6.02. The van der Waals surface area contributed by atoms with Crippen LogP contribution in [-0.2, 0) is 19.1 Å². The molecule has 0 unspecified atom stereocenters. The second kappa shape index (κ2) is 3.08. The summed E-state index contributed by atoms with van der Waals surface area (Å²) in [7, 11) is 0. The average molecular weight is 183 g/mol. The Labute approximate surface area is 74.9 Å². The predicted octanol–water partition coefficient (Wildman–Crippen LogP) is -0.0189. The topological polar surface area (TPSA) is 55.8 Å². The van der Waals surface area contributed by atoms with E-state index in [-0.39, 0.29) is 25.2 Å². The first-order valence-corrected chi connectivity index (χ1v) is 4.04. The average Bonchev–Trinajstić information content (AvgIpc) is 2.70. The van der Waals surface area contributed by atoms with E-state index in [4.69, 9.17) is 9.47 Å². The van der Waals surface area contributed by atoms with Crippen molar-refractivity contribution in [2.45, 2.75) is 12.8 Å². The quantitative estimate of drug-likeness (QED) is 0.564. The molecule has 0 saturated carbocycles. The molecule has 5 heteroatoms. The molecule has 0 aromatic rings. The molecule has 70 valence electrons. The highest BCUT2D eigenvalue weighted by Crippen LogP contribution is 2.16. The summed E-state index contributed by atoms with van der Waals surface area (Å²) in [6.07, 6.45) is 2.05. The molecule has 0 aliphatic carbocycles.